The standard InChI is InChI=1S/C11H16N2O2/c1-11(2,12)7-10(15)13-8-4-3-5-9(14)6-8/h3-6,14H,7,12H2,1-2H3,(H,13,15). The number of rotatable bonds is 3. The largest absolute Gasteiger partial charge is 0.508 e. The lowest BCUT2D eigenvalue weighted by atomic mass is 10.0. The van der Waals surface area contributed by atoms with Gasteiger partial charge in [0, 0.05) is 23.7 Å². The van der Waals surface area contributed by atoms with Crippen LogP contribution < -0.4 is 11.1 Å². The third kappa shape index (κ3) is 4.46. The van der Waals surface area contributed by atoms with Crippen molar-refractivity contribution in [2.75, 3.05) is 5.32 Å². The first-order chi connectivity index (χ1) is 6.87. The maximum atomic E-state index is 11.5. The Bertz CT molecular complexity index is 356. The van der Waals surface area contributed by atoms with Gasteiger partial charge in [-0.05, 0) is 26.0 Å². The van der Waals surface area contributed by atoms with E-state index in [1.54, 1.807) is 32.0 Å². The van der Waals surface area contributed by atoms with Crippen molar-refractivity contribution in [1.29, 1.82) is 0 Å². The number of phenols is 1. The Morgan fingerprint density at radius 3 is 2.73 bits per heavy atom. The lowest BCUT2D eigenvalue weighted by Gasteiger charge is -2.17. The van der Waals surface area contributed by atoms with Gasteiger partial charge in [-0.25, -0.2) is 0 Å². The Morgan fingerprint density at radius 1 is 1.53 bits per heavy atom. The zero-order valence-corrected chi connectivity index (χ0v) is 8.95. The third-order valence-electron chi connectivity index (χ3n) is 1.75. The van der Waals surface area contributed by atoms with E-state index >= 15 is 0 Å². The van der Waals surface area contributed by atoms with Crippen LogP contribution in [0.1, 0.15) is 20.3 Å². The molecule has 1 rings (SSSR count). The van der Waals surface area contributed by atoms with Gasteiger partial charge in [-0.2, -0.15) is 0 Å². The molecule has 1 aromatic rings. The molecule has 15 heavy (non-hydrogen) atoms. The van der Waals surface area contributed by atoms with Crippen molar-refractivity contribution in [3.8, 4) is 5.75 Å². The zero-order chi connectivity index (χ0) is 11.5. The maximum absolute atomic E-state index is 11.5. The summed E-state index contributed by atoms with van der Waals surface area (Å²) in [6.45, 7) is 3.57. The second kappa shape index (κ2) is 4.31. The molecule has 0 saturated heterocycles. The van der Waals surface area contributed by atoms with Gasteiger partial charge in [0.25, 0.3) is 0 Å². The molecular formula is C11H16N2O2. The second-order valence-corrected chi connectivity index (χ2v) is 4.26. The number of aromatic hydroxyl groups is 1. The normalized spacial score (nSPS) is 11.1. The SMILES string of the molecule is CC(C)(N)CC(=O)Nc1cccc(O)c1. The topological polar surface area (TPSA) is 75.4 Å². The van der Waals surface area contributed by atoms with E-state index in [1.165, 1.54) is 6.07 Å². The Balaban J connectivity index is 2.59. The summed E-state index contributed by atoms with van der Waals surface area (Å²) in [6.07, 6.45) is 0.239. The van der Waals surface area contributed by atoms with Crippen LogP contribution in [0.15, 0.2) is 24.3 Å². The highest BCUT2D eigenvalue weighted by Gasteiger charge is 2.16. The lowest BCUT2D eigenvalue weighted by molar-refractivity contribution is -0.117. The van der Waals surface area contributed by atoms with Crippen molar-refractivity contribution in [1.82, 2.24) is 0 Å². The fourth-order valence-corrected chi connectivity index (χ4v) is 1.20. The van der Waals surface area contributed by atoms with E-state index in [9.17, 15) is 9.90 Å². The number of anilines is 1. The van der Waals surface area contributed by atoms with Crippen LogP contribution in [-0.4, -0.2) is 16.6 Å². The monoisotopic (exact) mass is 208 g/mol. The van der Waals surface area contributed by atoms with Gasteiger partial charge in [-0.15, -0.1) is 0 Å². The number of hydrogen-bond acceptors (Lipinski definition) is 3. The molecule has 1 amide bonds. The first kappa shape index (κ1) is 11.5. The Morgan fingerprint density at radius 2 is 2.20 bits per heavy atom. The van der Waals surface area contributed by atoms with Gasteiger partial charge in [0.2, 0.25) is 5.91 Å². The highest BCUT2D eigenvalue weighted by atomic mass is 16.3. The summed E-state index contributed by atoms with van der Waals surface area (Å²) in [7, 11) is 0. The van der Waals surface area contributed by atoms with Crippen LogP contribution in [0.5, 0.6) is 5.75 Å². The molecule has 0 saturated carbocycles. The molecule has 4 heteroatoms. The predicted molar refractivity (Wildman–Crippen MR) is 59.6 cm³/mol. The Kier molecular flexibility index (Phi) is 3.31. The fourth-order valence-electron chi connectivity index (χ4n) is 1.20. The van der Waals surface area contributed by atoms with Crippen LogP contribution in [0.2, 0.25) is 0 Å². The highest BCUT2D eigenvalue weighted by molar-refractivity contribution is 5.91. The smallest absolute Gasteiger partial charge is 0.226 e. The van der Waals surface area contributed by atoms with Crippen LogP contribution in [0.4, 0.5) is 5.69 Å². The molecule has 0 radical (unpaired) electrons. The van der Waals surface area contributed by atoms with Gasteiger partial charge in [-0.1, -0.05) is 6.07 Å². The number of carbonyl (C=O) groups excluding carboxylic acids is 1. The van der Waals surface area contributed by atoms with Gasteiger partial charge in [-0.3, -0.25) is 4.79 Å². The van der Waals surface area contributed by atoms with Crippen LogP contribution in [0.3, 0.4) is 0 Å². The van der Waals surface area contributed by atoms with E-state index in [0.717, 1.165) is 0 Å². The van der Waals surface area contributed by atoms with Crippen LogP contribution in [0, 0.1) is 0 Å². The summed E-state index contributed by atoms with van der Waals surface area (Å²) in [5.74, 6) is -0.0343. The van der Waals surface area contributed by atoms with E-state index in [2.05, 4.69) is 5.32 Å². The van der Waals surface area contributed by atoms with E-state index < -0.39 is 5.54 Å². The Hall–Kier alpha value is -1.55. The fraction of sp³-hybridized carbons (Fsp3) is 0.364. The first-order valence-corrected chi connectivity index (χ1v) is 4.74. The minimum atomic E-state index is -0.527. The minimum Gasteiger partial charge on any atom is -0.508 e. The van der Waals surface area contributed by atoms with Crippen molar-refractivity contribution in [2.45, 2.75) is 25.8 Å². The molecule has 0 heterocycles. The number of hydrogen-bond donors (Lipinski definition) is 3. The molecule has 4 nitrogen and oxygen atoms in total. The third-order valence-corrected chi connectivity index (χ3v) is 1.75. The quantitative estimate of drug-likeness (QED) is 0.703. The number of amides is 1. The summed E-state index contributed by atoms with van der Waals surface area (Å²) in [4.78, 5) is 11.5. The molecule has 0 spiro atoms. The Labute approximate surface area is 89.1 Å². The first-order valence-electron chi connectivity index (χ1n) is 4.74. The van der Waals surface area contributed by atoms with Gasteiger partial charge >= 0.3 is 0 Å². The molecule has 0 bridgehead atoms. The van der Waals surface area contributed by atoms with E-state index in [1.807, 2.05) is 0 Å². The van der Waals surface area contributed by atoms with E-state index in [0.29, 0.717) is 5.69 Å². The predicted octanol–water partition coefficient (Wildman–Crippen LogP) is 1.46. The van der Waals surface area contributed by atoms with E-state index in [4.69, 9.17) is 5.73 Å². The van der Waals surface area contributed by atoms with Crippen molar-refractivity contribution in [2.24, 2.45) is 5.73 Å². The summed E-state index contributed by atoms with van der Waals surface area (Å²) < 4.78 is 0. The molecule has 0 unspecified atom stereocenters. The van der Waals surface area contributed by atoms with Gasteiger partial charge < -0.3 is 16.2 Å². The van der Waals surface area contributed by atoms with Gasteiger partial charge in [0.15, 0.2) is 0 Å². The van der Waals surface area contributed by atoms with Gasteiger partial charge in [0.1, 0.15) is 5.75 Å². The summed E-state index contributed by atoms with van der Waals surface area (Å²) in [5.41, 5.74) is 5.76. The van der Waals surface area contributed by atoms with Crippen molar-refractivity contribution in [3.05, 3.63) is 24.3 Å². The van der Waals surface area contributed by atoms with Crippen molar-refractivity contribution < 1.29 is 9.90 Å². The molecule has 0 aliphatic carbocycles. The van der Waals surface area contributed by atoms with Crippen molar-refractivity contribution >= 4 is 11.6 Å². The summed E-state index contributed by atoms with van der Waals surface area (Å²) in [6, 6.07) is 6.41. The lowest BCUT2D eigenvalue weighted by Crippen LogP contribution is -2.36. The number of nitrogens with one attached hydrogen (secondary N) is 1. The van der Waals surface area contributed by atoms with E-state index in [-0.39, 0.29) is 18.1 Å². The molecule has 0 fully saturated rings. The average Bonchev–Trinajstić information content (AvgIpc) is 1.99. The zero-order valence-electron chi connectivity index (χ0n) is 8.95. The average molecular weight is 208 g/mol. The number of carbonyl (C=O) groups is 1. The van der Waals surface area contributed by atoms with Crippen LogP contribution in [-0.2, 0) is 4.79 Å². The number of benzene rings is 1. The maximum Gasteiger partial charge on any atom is 0.226 e. The molecule has 0 aliphatic rings. The van der Waals surface area contributed by atoms with Crippen LogP contribution in [0.25, 0.3) is 0 Å². The summed E-state index contributed by atoms with van der Waals surface area (Å²) in [5, 5.41) is 11.8. The number of phenolic OH excluding ortho intramolecular Hbond substituents is 1. The summed E-state index contributed by atoms with van der Waals surface area (Å²) >= 11 is 0. The molecular weight excluding hydrogens is 192 g/mol. The minimum absolute atomic E-state index is 0.125. The molecule has 82 valence electrons. The second-order valence-electron chi connectivity index (χ2n) is 4.26. The van der Waals surface area contributed by atoms with Crippen LogP contribution >= 0.6 is 0 Å². The molecule has 4 N–H and O–H groups in total. The molecule has 0 aromatic heterocycles. The highest BCUT2D eigenvalue weighted by Crippen LogP contribution is 2.16. The molecule has 0 aliphatic heterocycles. The van der Waals surface area contributed by atoms with Gasteiger partial charge in [0.05, 0.1) is 0 Å². The molecule has 0 atom stereocenters. The molecule has 1 aromatic carbocycles. The van der Waals surface area contributed by atoms with Crippen molar-refractivity contribution in [3.63, 3.8) is 0 Å². The number of nitrogens with two attached hydrogens (primary N) is 1.